The first kappa shape index (κ1) is 14.6. The zero-order valence-electron chi connectivity index (χ0n) is 11.2. The zero-order chi connectivity index (χ0) is 15.7. The van der Waals surface area contributed by atoms with Gasteiger partial charge >= 0.3 is 0 Å². The second-order valence-corrected chi connectivity index (χ2v) is 5.42. The lowest BCUT2D eigenvalue weighted by atomic mass is 10.3. The van der Waals surface area contributed by atoms with E-state index in [2.05, 4.69) is 5.32 Å². The second-order valence-electron chi connectivity index (χ2n) is 4.61. The molecule has 6 heteroatoms. The molecule has 0 unspecified atom stereocenters. The Morgan fingerprint density at radius 2 is 1.59 bits per heavy atom. The van der Waals surface area contributed by atoms with Gasteiger partial charge in [0.2, 0.25) is 0 Å². The van der Waals surface area contributed by atoms with Crippen LogP contribution in [0.2, 0.25) is 5.02 Å². The first-order valence-electron chi connectivity index (χ1n) is 6.44. The summed E-state index contributed by atoms with van der Waals surface area (Å²) in [5, 5.41) is 3.23. The van der Waals surface area contributed by atoms with Crippen LogP contribution in [0.4, 0.5) is 11.4 Å². The monoisotopic (exact) mass is 332 g/mol. The van der Waals surface area contributed by atoms with Crippen molar-refractivity contribution in [1.82, 2.24) is 0 Å². The van der Waals surface area contributed by atoms with Crippen LogP contribution >= 0.6 is 23.2 Å². The van der Waals surface area contributed by atoms with Gasteiger partial charge in [0.25, 0.3) is 11.8 Å². The summed E-state index contributed by atoms with van der Waals surface area (Å²) in [7, 11) is 0. The molecule has 0 radical (unpaired) electrons. The Kier molecular flexibility index (Phi) is 3.88. The molecule has 1 heterocycles. The van der Waals surface area contributed by atoms with Gasteiger partial charge in [-0.1, -0.05) is 47.5 Å². The van der Waals surface area contributed by atoms with Crippen LogP contribution < -0.4 is 10.2 Å². The lowest BCUT2D eigenvalue weighted by molar-refractivity contribution is -0.120. The first-order valence-corrected chi connectivity index (χ1v) is 7.20. The van der Waals surface area contributed by atoms with E-state index < -0.39 is 11.8 Å². The van der Waals surface area contributed by atoms with E-state index in [-0.39, 0.29) is 10.7 Å². The Balaban J connectivity index is 1.92. The first-order chi connectivity index (χ1) is 10.6. The van der Waals surface area contributed by atoms with E-state index in [1.165, 1.54) is 0 Å². The van der Waals surface area contributed by atoms with Crippen LogP contribution in [0.3, 0.4) is 0 Å². The molecule has 0 aliphatic carbocycles. The number of hydrogen-bond donors (Lipinski definition) is 1. The van der Waals surface area contributed by atoms with Crippen LogP contribution in [0, 0.1) is 0 Å². The number of amides is 2. The molecular formula is C16H10Cl2N2O2. The molecule has 3 rings (SSSR count). The fourth-order valence-electron chi connectivity index (χ4n) is 2.13. The van der Waals surface area contributed by atoms with E-state index in [9.17, 15) is 9.59 Å². The van der Waals surface area contributed by atoms with Gasteiger partial charge in [-0.15, -0.1) is 0 Å². The standard InChI is InChI=1S/C16H10Cl2N2O2/c17-10-5-4-6-11(9-10)19-14-13(18)15(21)20(16(14)22)12-7-2-1-3-8-12/h1-9,19H. The Labute approximate surface area is 136 Å². The van der Waals surface area contributed by atoms with Crippen LogP contribution in [0.1, 0.15) is 0 Å². The Bertz CT molecular complexity index is 788. The molecule has 1 N–H and O–H groups in total. The lowest BCUT2D eigenvalue weighted by Crippen LogP contribution is -2.32. The molecular weight excluding hydrogens is 323 g/mol. The van der Waals surface area contributed by atoms with Gasteiger partial charge in [0.15, 0.2) is 0 Å². The minimum absolute atomic E-state index is 0.0396. The molecule has 110 valence electrons. The molecule has 0 aromatic heterocycles. The van der Waals surface area contributed by atoms with Gasteiger partial charge in [0, 0.05) is 10.7 Å². The predicted octanol–water partition coefficient (Wildman–Crippen LogP) is 3.78. The van der Waals surface area contributed by atoms with Crippen LogP contribution in [0.15, 0.2) is 65.3 Å². The van der Waals surface area contributed by atoms with Crippen LogP contribution in [-0.4, -0.2) is 11.8 Å². The van der Waals surface area contributed by atoms with Gasteiger partial charge in [0.05, 0.1) is 5.69 Å². The third-order valence-electron chi connectivity index (χ3n) is 3.14. The quantitative estimate of drug-likeness (QED) is 0.870. The Morgan fingerprint density at radius 3 is 2.27 bits per heavy atom. The maximum absolute atomic E-state index is 12.5. The van der Waals surface area contributed by atoms with E-state index >= 15 is 0 Å². The van der Waals surface area contributed by atoms with Crippen molar-refractivity contribution < 1.29 is 9.59 Å². The molecule has 0 atom stereocenters. The van der Waals surface area contributed by atoms with E-state index in [0.717, 1.165) is 4.90 Å². The van der Waals surface area contributed by atoms with Crippen molar-refractivity contribution in [1.29, 1.82) is 0 Å². The second kappa shape index (κ2) is 5.83. The van der Waals surface area contributed by atoms with Crippen LogP contribution in [-0.2, 0) is 9.59 Å². The molecule has 0 spiro atoms. The number of hydrogen-bond acceptors (Lipinski definition) is 3. The fourth-order valence-corrected chi connectivity index (χ4v) is 2.54. The molecule has 1 aliphatic rings. The van der Waals surface area contributed by atoms with Gasteiger partial charge in [-0.25, -0.2) is 4.90 Å². The van der Waals surface area contributed by atoms with Crippen molar-refractivity contribution in [3.8, 4) is 0 Å². The summed E-state index contributed by atoms with van der Waals surface area (Å²) in [6, 6.07) is 15.4. The van der Waals surface area contributed by atoms with Gasteiger partial charge in [0.1, 0.15) is 10.7 Å². The number of imide groups is 1. The highest BCUT2D eigenvalue weighted by atomic mass is 35.5. The number of carbonyl (C=O) groups excluding carboxylic acids is 2. The molecule has 0 saturated carbocycles. The van der Waals surface area contributed by atoms with Gasteiger partial charge in [-0.3, -0.25) is 9.59 Å². The molecule has 2 aromatic carbocycles. The number of halogens is 2. The van der Waals surface area contributed by atoms with Gasteiger partial charge < -0.3 is 5.32 Å². The van der Waals surface area contributed by atoms with Crippen molar-refractivity contribution in [3.05, 3.63) is 70.3 Å². The third-order valence-corrected chi connectivity index (χ3v) is 3.72. The highest BCUT2D eigenvalue weighted by Gasteiger charge is 2.38. The van der Waals surface area contributed by atoms with Crippen molar-refractivity contribution in [3.63, 3.8) is 0 Å². The minimum Gasteiger partial charge on any atom is -0.350 e. The van der Waals surface area contributed by atoms with Crippen molar-refractivity contribution >= 4 is 46.4 Å². The lowest BCUT2D eigenvalue weighted by Gasteiger charge is -2.14. The smallest absolute Gasteiger partial charge is 0.283 e. The molecule has 0 fully saturated rings. The summed E-state index contributed by atoms with van der Waals surface area (Å²) in [5.41, 5.74) is 1.09. The summed E-state index contributed by atoms with van der Waals surface area (Å²) >= 11 is 11.9. The number of carbonyl (C=O) groups is 2. The van der Waals surface area contributed by atoms with E-state index in [4.69, 9.17) is 23.2 Å². The van der Waals surface area contributed by atoms with E-state index in [0.29, 0.717) is 16.4 Å². The molecule has 2 amide bonds. The van der Waals surface area contributed by atoms with Crippen LogP contribution in [0.25, 0.3) is 0 Å². The van der Waals surface area contributed by atoms with Gasteiger partial charge in [-0.05, 0) is 30.3 Å². The molecule has 2 aromatic rings. The average Bonchev–Trinajstić information content (AvgIpc) is 2.72. The molecule has 22 heavy (non-hydrogen) atoms. The topological polar surface area (TPSA) is 49.4 Å². The largest absolute Gasteiger partial charge is 0.350 e. The summed E-state index contributed by atoms with van der Waals surface area (Å²) in [6.07, 6.45) is 0. The van der Waals surface area contributed by atoms with E-state index in [1.54, 1.807) is 54.6 Å². The predicted molar refractivity (Wildman–Crippen MR) is 86.9 cm³/mol. The number of para-hydroxylation sites is 1. The van der Waals surface area contributed by atoms with Crippen molar-refractivity contribution in [2.75, 3.05) is 10.2 Å². The zero-order valence-corrected chi connectivity index (χ0v) is 12.7. The van der Waals surface area contributed by atoms with Gasteiger partial charge in [-0.2, -0.15) is 0 Å². The highest BCUT2D eigenvalue weighted by molar-refractivity contribution is 6.53. The Morgan fingerprint density at radius 1 is 0.864 bits per heavy atom. The summed E-state index contributed by atoms with van der Waals surface area (Å²) in [4.78, 5) is 25.8. The third kappa shape index (κ3) is 2.58. The average molecular weight is 333 g/mol. The molecule has 0 bridgehead atoms. The normalized spacial score (nSPS) is 14.7. The summed E-state index contributed by atoms with van der Waals surface area (Å²) in [5.74, 6) is -1.05. The minimum atomic E-state index is -0.553. The van der Waals surface area contributed by atoms with Crippen molar-refractivity contribution in [2.24, 2.45) is 0 Å². The molecule has 0 saturated heterocycles. The molecule has 1 aliphatic heterocycles. The number of rotatable bonds is 3. The maximum Gasteiger partial charge on any atom is 0.283 e. The molecule has 4 nitrogen and oxygen atoms in total. The maximum atomic E-state index is 12.5. The summed E-state index contributed by atoms with van der Waals surface area (Å²) in [6.45, 7) is 0. The van der Waals surface area contributed by atoms with E-state index in [1.807, 2.05) is 0 Å². The SMILES string of the molecule is O=C1C(Cl)=C(Nc2cccc(Cl)c2)C(=O)N1c1ccccc1. The number of nitrogens with one attached hydrogen (secondary N) is 1. The highest BCUT2D eigenvalue weighted by Crippen LogP contribution is 2.30. The number of anilines is 2. The number of benzene rings is 2. The number of nitrogens with zero attached hydrogens (tertiary/aromatic N) is 1. The Hall–Kier alpha value is -2.30. The summed E-state index contributed by atoms with van der Waals surface area (Å²) < 4.78 is 0. The van der Waals surface area contributed by atoms with Crippen molar-refractivity contribution in [2.45, 2.75) is 0 Å². The fraction of sp³-hybridized carbons (Fsp3) is 0. The van der Waals surface area contributed by atoms with Crippen LogP contribution in [0.5, 0.6) is 0 Å².